The van der Waals surface area contributed by atoms with Gasteiger partial charge in [-0.3, -0.25) is 9.59 Å². The Labute approximate surface area is 206 Å². The van der Waals surface area contributed by atoms with E-state index in [-0.39, 0.29) is 28.8 Å². The summed E-state index contributed by atoms with van der Waals surface area (Å²) in [7, 11) is -3.73. The SMILES string of the molecule is CCN(CC)S(=O)(=O)c1ccc(Oc2ccccc2)c(NC(=O)Cc2ccc(NC(C)=O)cc2)c1. The molecule has 0 aliphatic carbocycles. The van der Waals surface area contributed by atoms with Crippen molar-refractivity contribution in [1.29, 1.82) is 0 Å². The van der Waals surface area contributed by atoms with Crippen LogP contribution in [-0.2, 0) is 26.0 Å². The van der Waals surface area contributed by atoms with Gasteiger partial charge in [-0.2, -0.15) is 4.31 Å². The zero-order valence-corrected chi connectivity index (χ0v) is 20.8. The van der Waals surface area contributed by atoms with Crippen molar-refractivity contribution in [2.45, 2.75) is 32.1 Å². The Balaban J connectivity index is 1.87. The molecule has 9 heteroatoms. The predicted molar refractivity (Wildman–Crippen MR) is 136 cm³/mol. The number of carbonyl (C=O) groups excluding carboxylic acids is 2. The monoisotopic (exact) mass is 495 g/mol. The number of hydrogen-bond donors (Lipinski definition) is 2. The van der Waals surface area contributed by atoms with Crippen LogP contribution in [0.1, 0.15) is 26.3 Å². The van der Waals surface area contributed by atoms with E-state index in [0.29, 0.717) is 30.3 Å². The molecule has 0 saturated carbocycles. The van der Waals surface area contributed by atoms with Gasteiger partial charge >= 0.3 is 0 Å². The molecule has 0 fully saturated rings. The van der Waals surface area contributed by atoms with E-state index >= 15 is 0 Å². The third kappa shape index (κ3) is 6.91. The van der Waals surface area contributed by atoms with E-state index in [2.05, 4.69) is 10.6 Å². The number of rotatable bonds is 10. The molecule has 3 aromatic carbocycles. The van der Waals surface area contributed by atoms with Crippen molar-refractivity contribution in [3.05, 3.63) is 78.4 Å². The Morgan fingerprint density at radius 3 is 2.14 bits per heavy atom. The number of carbonyl (C=O) groups is 2. The number of anilines is 2. The number of benzene rings is 3. The van der Waals surface area contributed by atoms with Gasteiger partial charge in [0.1, 0.15) is 5.75 Å². The maximum atomic E-state index is 13.0. The molecule has 35 heavy (non-hydrogen) atoms. The lowest BCUT2D eigenvalue weighted by Gasteiger charge is -2.20. The fourth-order valence-corrected chi connectivity index (χ4v) is 4.96. The lowest BCUT2D eigenvalue weighted by Crippen LogP contribution is -2.30. The van der Waals surface area contributed by atoms with Crippen molar-refractivity contribution >= 4 is 33.2 Å². The molecule has 0 saturated heterocycles. The summed E-state index contributed by atoms with van der Waals surface area (Å²) in [5, 5.41) is 5.47. The first-order chi connectivity index (χ1) is 16.7. The second kappa shape index (κ2) is 11.6. The number of sulfonamides is 1. The van der Waals surface area contributed by atoms with E-state index in [9.17, 15) is 18.0 Å². The van der Waals surface area contributed by atoms with Gasteiger partial charge in [-0.1, -0.05) is 44.2 Å². The Morgan fingerprint density at radius 1 is 0.886 bits per heavy atom. The first-order valence-corrected chi connectivity index (χ1v) is 12.7. The first-order valence-electron chi connectivity index (χ1n) is 11.3. The van der Waals surface area contributed by atoms with Gasteiger partial charge in [0.15, 0.2) is 5.75 Å². The molecular formula is C26H29N3O5S. The minimum atomic E-state index is -3.73. The molecule has 0 aromatic heterocycles. The quantitative estimate of drug-likeness (QED) is 0.426. The number of para-hydroxylation sites is 1. The molecule has 3 rings (SSSR count). The van der Waals surface area contributed by atoms with Crippen LogP contribution >= 0.6 is 0 Å². The normalized spacial score (nSPS) is 11.2. The van der Waals surface area contributed by atoms with Crippen molar-refractivity contribution in [2.24, 2.45) is 0 Å². The zero-order valence-electron chi connectivity index (χ0n) is 19.9. The van der Waals surface area contributed by atoms with Crippen molar-refractivity contribution in [3.8, 4) is 11.5 Å². The maximum absolute atomic E-state index is 13.0. The molecule has 3 aromatic rings. The van der Waals surface area contributed by atoms with Gasteiger partial charge in [0.25, 0.3) is 0 Å². The second-order valence-electron chi connectivity index (χ2n) is 7.77. The highest BCUT2D eigenvalue weighted by atomic mass is 32.2. The average molecular weight is 496 g/mol. The summed E-state index contributed by atoms with van der Waals surface area (Å²) in [6, 6.07) is 20.4. The van der Waals surface area contributed by atoms with Crippen LogP contribution in [0.15, 0.2) is 77.7 Å². The second-order valence-corrected chi connectivity index (χ2v) is 9.70. The predicted octanol–water partition coefficient (Wildman–Crippen LogP) is 4.65. The van der Waals surface area contributed by atoms with E-state index in [0.717, 1.165) is 5.56 Å². The summed E-state index contributed by atoms with van der Waals surface area (Å²) >= 11 is 0. The number of nitrogens with zero attached hydrogens (tertiary/aromatic N) is 1. The average Bonchev–Trinajstić information content (AvgIpc) is 2.82. The van der Waals surface area contributed by atoms with Crippen molar-refractivity contribution < 1.29 is 22.7 Å². The fourth-order valence-electron chi connectivity index (χ4n) is 3.47. The maximum Gasteiger partial charge on any atom is 0.243 e. The molecule has 8 nitrogen and oxygen atoms in total. The molecule has 0 heterocycles. The van der Waals surface area contributed by atoms with Crippen LogP contribution in [0.2, 0.25) is 0 Å². The van der Waals surface area contributed by atoms with Crippen molar-refractivity contribution in [3.63, 3.8) is 0 Å². The molecule has 2 N–H and O–H groups in total. The first kappa shape index (κ1) is 25.9. The van der Waals surface area contributed by atoms with Gasteiger partial charge in [-0.15, -0.1) is 0 Å². The number of ether oxygens (including phenoxy) is 1. The largest absolute Gasteiger partial charge is 0.455 e. The smallest absolute Gasteiger partial charge is 0.243 e. The molecule has 184 valence electrons. The molecule has 0 aliphatic heterocycles. The number of nitrogens with one attached hydrogen (secondary N) is 2. The summed E-state index contributed by atoms with van der Waals surface area (Å²) in [4.78, 5) is 24.1. The van der Waals surface area contributed by atoms with Gasteiger partial charge in [-0.05, 0) is 48.0 Å². The molecular weight excluding hydrogens is 466 g/mol. The van der Waals surface area contributed by atoms with E-state index in [1.807, 2.05) is 18.2 Å². The van der Waals surface area contributed by atoms with Crippen LogP contribution in [-0.4, -0.2) is 37.6 Å². The van der Waals surface area contributed by atoms with Gasteiger partial charge in [0, 0.05) is 25.7 Å². The third-order valence-corrected chi connectivity index (χ3v) is 7.22. The molecule has 0 unspecified atom stereocenters. The lowest BCUT2D eigenvalue weighted by molar-refractivity contribution is -0.116. The Hall–Kier alpha value is -3.69. The van der Waals surface area contributed by atoms with Gasteiger partial charge in [-0.25, -0.2) is 8.42 Å². The zero-order chi connectivity index (χ0) is 25.4. The Kier molecular flexibility index (Phi) is 8.62. The summed E-state index contributed by atoms with van der Waals surface area (Å²) in [6.07, 6.45) is 0.0537. The van der Waals surface area contributed by atoms with E-state index in [1.165, 1.54) is 23.4 Å². The molecule has 0 aliphatic rings. The van der Waals surface area contributed by atoms with Crippen molar-refractivity contribution in [1.82, 2.24) is 4.31 Å². The molecule has 2 amide bonds. The topological polar surface area (TPSA) is 105 Å². The van der Waals surface area contributed by atoms with E-state index < -0.39 is 10.0 Å². The van der Waals surface area contributed by atoms with Crippen LogP contribution in [0.5, 0.6) is 11.5 Å². The molecule has 0 atom stereocenters. The highest BCUT2D eigenvalue weighted by molar-refractivity contribution is 7.89. The lowest BCUT2D eigenvalue weighted by atomic mass is 10.1. The van der Waals surface area contributed by atoms with E-state index in [4.69, 9.17) is 4.74 Å². The minimum Gasteiger partial charge on any atom is -0.455 e. The molecule has 0 bridgehead atoms. The van der Waals surface area contributed by atoms with Crippen LogP contribution in [0.25, 0.3) is 0 Å². The fraction of sp³-hybridized carbons (Fsp3) is 0.231. The van der Waals surface area contributed by atoms with Crippen LogP contribution in [0.3, 0.4) is 0 Å². The standard InChI is InChI=1S/C26H29N3O5S/c1-4-29(5-2)35(32,33)23-15-16-25(34-22-9-7-6-8-10-22)24(18-23)28-26(31)17-20-11-13-21(14-12-20)27-19(3)30/h6-16,18H,4-5,17H2,1-3H3,(H,27,30)(H,28,31). The molecule has 0 radical (unpaired) electrons. The third-order valence-electron chi connectivity index (χ3n) is 5.18. The highest BCUT2D eigenvalue weighted by Gasteiger charge is 2.23. The Morgan fingerprint density at radius 2 is 1.54 bits per heavy atom. The van der Waals surface area contributed by atoms with Crippen LogP contribution < -0.4 is 15.4 Å². The molecule has 0 spiro atoms. The van der Waals surface area contributed by atoms with Gasteiger partial charge in [0.2, 0.25) is 21.8 Å². The minimum absolute atomic E-state index is 0.0537. The van der Waals surface area contributed by atoms with Crippen LogP contribution in [0.4, 0.5) is 11.4 Å². The number of amides is 2. The summed E-state index contributed by atoms with van der Waals surface area (Å²) in [5.74, 6) is 0.355. The summed E-state index contributed by atoms with van der Waals surface area (Å²) in [5.41, 5.74) is 1.62. The highest BCUT2D eigenvalue weighted by Crippen LogP contribution is 2.33. The summed E-state index contributed by atoms with van der Waals surface area (Å²) in [6.45, 7) is 5.63. The van der Waals surface area contributed by atoms with Gasteiger partial charge in [0.05, 0.1) is 17.0 Å². The van der Waals surface area contributed by atoms with Crippen LogP contribution in [0, 0.1) is 0 Å². The van der Waals surface area contributed by atoms with Gasteiger partial charge < -0.3 is 15.4 Å². The van der Waals surface area contributed by atoms with Crippen molar-refractivity contribution in [2.75, 3.05) is 23.7 Å². The number of hydrogen-bond acceptors (Lipinski definition) is 5. The summed E-state index contributed by atoms with van der Waals surface area (Å²) < 4.78 is 33.4. The van der Waals surface area contributed by atoms with E-state index in [1.54, 1.807) is 56.3 Å². The Bertz CT molecular complexity index is 1270.